The van der Waals surface area contributed by atoms with Crippen LogP contribution in [0.4, 0.5) is 28.0 Å². The van der Waals surface area contributed by atoms with Crippen LogP contribution in [0.5, 0.6) is 0 Å². The summed E-state index contributed by atoms with van der Waals surface area (Å²) in [6.07, 6.45) is -4.66. The van der Waals surface area contributed by atoms with Crippen molar-refractivity contribution in [3.63, 3.8) is 0 Å². The monoisotopic (exact) mass is 393 g/mol. The van der Waals surface area contributed by atoms with Gasteiger partial charge in [0.25, 0.3) is 5.91 Å². The van der Waals surface area contributed by atoms with Gasteiger partial charge in [0.2, 0.25) is 0 Å². The van der Waals surface area contributed by atoms with E-state index in [1.54, 1.807) is 0 Å². The lowest BCUT2D eigenvalue weighted by Crippen LogP contribution is -2.46. The Morgan fingerprint density at radius 1 is 1.11 bits per heavy atom. The van der Waals surface area contributed by atoms with Crippen molar-refractivity contribution >= 4 is 17.6 Å². The number of anilines is 1. The zero-order valence-corrected chi connectivity index (χ0v) is 14.5. The van der Waals surface area contributed by atoms with Gasteiger partial charge in [-0.25, -0.2) is 9.18 Å². The molecular weight excluding hydrogens is 378 g/mol. The standard InChI is InChI=1S/C19H15F4N3O2/c1-10-15(16(26-18(28)24-10)11-5-4-6-12(20)9-11)17(27)25-14-8-3-2-7-13(14)19(21,22)23/h2-9,16H,1H3,(H,25,27)(H2,24,26,28). The number of hydrogen-bond donors (Lipinski definition) is 3. The van der Waals surface area contributed by atoms with Crippen molar-refractivity contribution in [2.24, 2.45) is 0 Å². The van der Waals surface area contributed by atoms with E-state index < -0.39 is 41.2 Å². The van der Waals surface area contributed by atoms with Crippen LogP contribution in [-0.4, -0.2) is 11.9 Å². The average molecular weight is 393 g/mol. The minimum atomic E-state index is -4.66. The van der Waals surface area contributed by atoms with Gasteiger partial charge in [0.05, 0.1) is 22.9 Å². The van der Waals surface area contributed by atoms with Crippen LogP contribution < -0.4 is 16.0 Å². The van der Waals surface area contributed by atoms with Crippen LogP contribution in [0, 0.1) is 5.82 Å². The topological polar surface area (TPSA) is 70.2 Å². The predicted molar refractivity (Wildman–Crippen MR) is 93.6 cm³/mol. The first-order valence-electron chi connectivity index (χ1n) is 8.18. The van der Waals surface area contributed by atoms with E-state index in [1.165, 1.54) is 37.3 Å². The van der Waals surface area contributed by atoms with E-state index in [2.05, 4.69) is 16.0 Å². The van der Waals surface area contributed by atoms with E-state index in [1.807, 2.05) is 0 Å². The highest BCUT2D eigenvalue weighted by Crippen LogP contribution is 2.35. The highest BCUT2D eigenvalue weighted by Gasteiger charge is 2.35. The van der Waals surface area contributed by atoms with Crippen molar-refractivity contribution in [2.45, 2.75) is 19.1 Å². The number of carbonyl (C=O) groups excluding carboxylic acids is 2. The molecule has 3 amide bonds. The number of para-hydroxylation sites is 1. The van der Waals surface area contributed by atoms with Gasteiger partial charge in [-0.05, 0) is 36.8 Å². The van der Waals surface area contributed by atoms with E-state index in [-0.39, 0.29) is 16.8 Å². The summed E-state index contributed by atoms with van der Waals surface area (Å²) in [6.45, 7) is 1.44. The summed E-state index contributed by atoms with van der Waals surface area (Å²) < 4.78 is 53.1. The lowest BCUT2D eigenvalue weighted by atomic mass is 9.94. The van der Waals surface area contributed by atoms with Gasteiger partial charge >= 0.3 is 12.2 Å². The molecule has 5 nitrogen and oxygen atoms in total. The minimum Gasteiger partial charge on any atom is -0.327 e. The molecule has 3 N–H and O–H groups in total. The molecule has 1 atom stereocenters. The number of nitrogens with one attached hydrogen (secondary N) is 3. The Morgan fingerprint density at radius 3 is 2.50 bits per heavy atom. The molecule has 1 unspecified atom stereocenters. The van der Waals surface area contributed by atoms with Crippen LogP contribution in [-0.2, 0) is 11.0 Å². The predicted octanol–water partition coefficient (Wildman–Crippen LogP) is 4.11. The summed E-state index contributed by atoms with van der Waals surface area (Å²) in [7, 11) is 0. The minimum absolute atomic E-state index is 0.0258. The van der Waals surface area contributed by atoms with Gasteiger partial charge in [-0.1, -0.05) is 24.3 Å². The summed E-state index contributed by atoms with van der Waals surface area (Å²) in [4.78, 5) is 24.6. The molecule has 2 aromatic carbocycles. The molecule has 0 aromatic heterocycles. The normalized spacial score (nSPS) is 17.0. The van der Waals surface area contributed by atoms with Crippen molar-refractivity contribution in [1.29, 1.82) is 0 Å². The first kappa shape index (κ1) is 19.4. The largest absolute Gasteiger partial charge is 0.418 e. The average Bonchev–Trinajstić information content (AvgIpc) is 2.60. The van der Waals surface area contributed by atoms with Crippen LogP contribution in [0.25, 0.3) is 0 Å². The molecule has 1 aliphatic rings. The second-order valence-corrected chi connectivity index (χ2v) is 6.12. The van der Waals surface area contributed by atoms with Gasteiger partial charge in [0.15, 0.2) is 0 Å². The zero-order valence-electron chi connectivity index (χ0n) is 14.5. The number of benzene rings is 2. The molecule has 0 bridgehead atoms. The fourth-order valence-electron chi connectivity index (χ4n) is 2.96. The quantitative estimate of drug-likeness (QED) is 0.687. The molecule has 0 aliphatic carbocycles. The Hall–Kier alpha value is -3.36. The van der Waals surface area contributed by atoms with Crippen LogP contribution >= 0.6 is 0 Å². The Kier molecular flexibility index (Phi) is 5.08. The Morgan fingerprint density at radius 2 is 1.82 bits per heavy atom. The maximum atomic E-state index is 13.6. The molecule has 1 aliphatic heterocycles. The molecule has 1 heterocycles. The Labute approximate surface area is 157 Å². The number of alkyl halides is 3. The number of amides is 3. The molecule has 0 radical (unpaired) electrons. The first-order chi connectivity index (χ1) is 13.2. The lowest BCUT2D eigenvalue weighted by molar-refractivity contribution is -0.137. The van der Waals surface area contributed by atoms with E-state index >= 15 is 0 Å². The molecule has 146 valence electrons. The molecule has 0 fully saturated rings. The molecular formula is C19H15F4N3O2. The highest BCUT2D eigenvalue weighted by molar-refractivity contribution is 6.07. The molecule has 0 spiro atoms. The van der Waals surface area contributed by atoms with Gasteiger partial charge in [0.1, 0.15) is 5.82 Å². The first-order valence-corrected chi connectivity index (χ1v) is 8.18. The summed E-state index contributed by atoms with van der Waals surface area (Å²) in [5.74, 6) is -1.43. The summed E-state index contributed by atoms with van der Waals surface area (Å²) in [5, 5.41) is 7.15. The number of allylic oxidation sites excluding steroid dienone is 1. The summed E-state index contributed by atoms with van der Waals surface area (Å²) in [5.41, 5.74) is -1.02. The van der Waals surface area contributed by atoms with Crippen molar-refractivity contribution in [2.75, 3.05) is 5.32 Å². The molecule has 9 heteroatoms. The van der Waals surface area contributed by atoms with Crippen molar-refractivity contribution in [3.8, 4) is 0 Å². The Balaban J connectivity index is 1.99. The number of hydrogen-bond acceptors (Lipinski definition) is 2. The van der Waals surface area contributed by atoms with E-state index in [0.717, 1.165) is 18.2 Å². The van der Waals surface area contributed by atoms with Gasteiger partial charge in [-0.15, -0.1) is 0 Å². The van der Waals surface area contributed by atoms with Crippen LogP contribution in [0.15, 0.2) is 59.8 Å². The Bertz CT molecular complexity index is 970. The van der Waals surface area contributed by atoms with Crippen molar-refractivity contribution in [1.82, 2.24) is 10.6 Å². The number of rotatable bonds is 3. The molecule has 3 rings (SSSR count). The highest BCUT2D eigenvalue weighted by atomic mass is 19.4. The van der Waals surface area contributed by atoms with Crippen LogP contribution in [0.3, 0.4) is 0 Å². The van der Waals surface area contributed by atoms with Crippen molar-refractivity contribution < 1.29 is 27.2 Å². The number of halogens is 4. The molecule has 28 heavy (non-hydrogen) atoms. The maximum absolute atomic E-state index is 13.6. The molecule has 2 aromatic rings. The van der Waals surface area contributed by atoms with Gasteiger partial charge < -0.3 is 16.0 Å². The van der Waals surface area contributed by atoms with Gasteiger partial charge in [-0.3, -0.25) is 4.79 Å². The third-order valence-corrected chi connectivity index (χ3v) is 4.18. The number of carbonyl (C=O) groups is 2. The smallest absolute Gasteiger partial charge is 0.327 e. The summed E-state index contributed by atoms with van der Waals surface area (Å²) >= 11 is 0. The van der Waals surface area contributed by atoms with E-state index in [0.29, 0.717) is 0 Å². The second-order valence-electron chi connectivity index (χ2n) is 6.12. The fourth-order valence-corrected chi connectivity index (χ4v) is 2.96. The van der Waals surface area contributed by atoms with E-state index in [4.69, 9.17) is 0 Å². The zero-order chi connectivity index (χ0) is 20.5. The SMILES string of the molecule is CC1=C(C(=O)Nc2ccccc2C(F)(F)F)C(c2cccc(F)c2)NC(=O)N1. The fraction of sp³-hybridized carbons (Fsp3) is 0.158. The summed E-state index contributed by atoms with van der Waals surface area (Å²) in [6, 6.07) is 8.15. The number of urea groups is 1. The van der Waals surface area contributed by atoms with Gasteiger partial charge in [0, 0.05) is 5.70 Å². The third-order valence-electron chi connectivity index (χ3n) is 4.18. The van der Waals surface area contributed by atoms with Crippen molar-refractivity contribution in [3.05, 3.63) is 76.7 Å². The third kappa shape index (κ3) is 3.98. The molecule has 0 saturated heterocycles. The lowest BCUT2D eigenvalue weighted by Gasteiger charge is -2.29. The van der Waals surface area contributed by atoms with Gasteiger partial charge in [-0.2, -0.15) is 13.2 Å². The second kappa shape index (κ2) is 7.34. The molecule has 0 saturated carbocycles. The van der Waals surface area contributed by atoms with Crippen LogP contribution in [0.2, 0.25) is 0 Å². The van der Waals surface area contributed by atoms with Crippen LogP contribution in [0.1, 0.15) is 24.1 Å². The maximum Gasteiger partial charge on any atom is 0.418 e. The van der Waals surface area contributed by atoms with E-state index in [9.17, 15) is 27.2 Å².